The summed E-state index contributed by atoms with van der Waals surface area (Å²) in [6.45, 7) is 6.39. The maximum Gasteiger partial charge on any atom is 0.407 e. The highest BCUT2D eigenvalue weighted by molar-refractivity contribution is 5.54. The van der Waals surface area contributed by atoms with Gasteiger partial charge in [-0.2, -0.15) is 13.2 Å². The van der Waals surface area contributed by atoms with Crippen molar-refractivity contribution in [3.63, 3.8) is 0 Å². The van der Waals surface area contributed by atoms with Gasteiger partial charge in [0.2, 0.25) is 5.69 Å². The van der Waals surface area contributed by atoms with E-state index in [1.54, 1.807) is 0 Å². The van der Waals surface area contributed by atoms with Crippen LogP contribution in [0.15, 0.2) is 18.2 Å². The summed E-state index contributed by atoms with van der Waals surface area (Å²) in [4.78, 5) is 2.49. The maximum absolute atomic E-state index is 12.7. The lowest BCUT2D eigenvalue weighted by Crippen LogP contribution is -2.05. The number of benzene rings is 1. The molecule has 0 aliphatic heterocycles. The standard InChI is InChI=1S/C8H3F4N/c1-13-7-5(8(10,11)12)3-2-4-6(7)9/h2-4H. The highest BCUT2D eigenvalue weighted by Crippen LogP contribution is 2.37. The SMILES string of the molecule is [C-]#[N+]c1c(F)cccc1C(F)(F)F. The Kier molecular flexibility index (Phi) is 2.24. The predicted molar refractivity (Wildman–Crippen MR) is 37.7 cm³/mol. The summed E-state index contributed by atoms with van der Waals surface area (Å²) in [5.74, 6) is -1.15. The van der Waals surface area contributed by atoms with Gasteiger partial charge in [-0.1, -0.05) is 12.1 Å². The Morgan fingerprint density at radius 2 is 1.85 bits per heavy atom. The van der Waals surface area contributed by atoms with Gasteiger partial charge >= 0.3 is 6.18 Å². The first-order valence-corrected chi connectivity index (χ1v) is 3.20. The van der Waals surface area contributed by atoms with Crippen molar-refractivity contribution in [2.45, 2.75) is 6.18 Å². The van der Waals surface area contributed by atoms with Gasteiger partial charge in [-0.3, -0.25) is 0 Å². The van der Waals surface area contributed by atoms with Crippen molar-refractivity contribution < 1.29 is 17.6 Å². The number of alkyl halides is 3. The second-order valence-corrected chi connectivity index (χ2v) is 2.25. The number of hydrogen-bond acceptors (Lipinski definition) is 0. The van der Waals surface area contributed by atoms with Gasteiger partial charge in [0.05, 0.1) is 12.1 Å². The van der Waals surface area contributed by atoms with Crippen LogP contribution in [0.2, 0.25) is 0 Å². The second kappa shape index (κ2) is 3.05. The molecule has 1 nitrogen and oxygen atoms in total. The zero-order valence-electron chi connectivity index (χ0n) is 6.19. The quantitative estimate of drug-likeness (QED) is 0.435. The number of rotatable bonds is 0. The molecule has 0 atom stereocenters. The van der Waals surface area contributed by atoms with E-state index in [1.807, 2.05) is 0 Å². The fourth-order valence-corrected chi connectivity index (χ4v) is 0.858. The van der Waals surface area contributed by atoms with Crippen LogP contribution in [-0.2, 0) is 6.18 Å². The van der Waals surface area contributed by atoms with Crippen LogP contribution in [0.3, 0.4) is 0 Å². The topological polar surface area (TPSA) is 4.36 Å². The molecule has 1 aromatic carbocycles. The Morgan fingerprint density at radius 3 is 2.23 bits per heavy atom. The number of halogens is 4. The van der Waals surface area contributed by atoms with Crippen LogP contribution < -0.4 is 0 Å². The molecular weight excluding hydrogens is 186 g/mol. The van der Waals surface area contributed by atoms with E-state index in [2.05, 4.69) is 4.85 Å². The Bertz CT molecular complexity index is 361. The Labute approximate surface area is 71.4 Å². The van der Waals surface area contributed by atoms with E-state index in [9.17, 15) is 17.6 Å². The van der Waals surface area contributed by atoms with Gasteiger partial charge in [-0.15, -0.1) is 0 Å². The first-order chi connectivity index (χ1) is 5.96. The first kappa shape index (κ1) is 9.52. The van der Waals surface area contributed by atoms with Gasteiger partial charge in [0.1, 0.15) is 5.82 Å². The van der Waals surface area contributed by atoms with Crippen molar-refractivity contribution in [2.75, 3.05) is 0 Å². The van der Waals surface area contributed by atoms with Gasteiger partial charge < -0.3 is 0 Å². The van der Waals surface area contributed by atoms with Gasteiger partial charge in [0.25, 0.3) is 0 Å². The van der Waals surface area contributed by atoms with Crippen molar-refractivity contribution in [1.82, 2.24) is 0 Å². The lowest BCUT2D eigenvalue weighted by Gasteiger charge is -2.08. The van der Waals surface area contributed by atoms with Crippen molar-refractivity contribution in [1.29, 1.82) is 0 Å². The van der Waals surface area contributed by atoms with Crippen LogP contribution in [0.1, 0.15) is 5.56 Å². The summed E-state index contributed by atoms with van der Waals surface area (Å²) in [7, 11) is 0. The normalized spacial score (nSPS) is 11.0. The molecule has 0 amide bonds. The molecule has 1 aromatic rings. The minimum atomic E-state index is -4.68. The van der Waals surface area contributed by atoms with Crippen LogP contribution in [0.25, 0.3) is 4.85 Å². The summed E-state index contributed by atoms with van der Waals surface area (Å²) in [6.07, 6.45) is -4.68. The smallest absolute Gasteiger partial charge is 0.234 e. The van der Waals surface area contributed by atoms with E-state index in [0.717, 1.165) is 12.1 Å². The maximum atomic E-state index is 12.7. The molecule has 0 aliphatic rings. The molecule has 1 rings (SSSR count). The van der Waals surface area contributed by atoms with E-state index in [1.165, 1.54) is 0 Å². The van der Waals surface area contributed by atoms with E-state index >= 15 is 0 Å². The Balaban J connectivity index is 3.40. The molecule has 0 aromatic heterocycles. The first-order valence-electron chi connectivity index (χ1n) is 3.20. The van der Waals surface area contributed by atoms with Crippen LogP contribution >= 0.6 is 0 Å². The number of para-hydroxylation sites is 1. The molecule has 0 radical (unpaired) electrons. The average Bonchev–Trinajstić information content (AvgIpc) is 2.02. The van der Waals surface area contributed by atoms with Crippen LogP contribution in [-0.4, -0.2) is 0 Å². The fourth-order valence-electron chi connectivity index (χ4n) is 0.858. The largest absolute Gasteiger partial charge is 0.407 e. The van der Waals surface area contributed by atoms with E-state index in [0.29, 0.717) is 6.07 Å². The lowest BCUT2D eigenvalue weighted by atomic mass is 10.1. The average molecular weight is 189 g/mol. The van der Waals surface area contributed by atoms with Crippen molar-refractivity contribution in [3.05, 3.63) is 41.0 Å². The highest BCUT2D eigenvalue weighted by atomic mass is 19.4. The van der Waals surface area contributed by atoms with Crippen molar-refractivity contribution in [3.8, 4) is 0 Å². The Morgan fingerprint density at radius 1 is 1.23 bits per heavy atom. The third-order valence-corrected chi connectivity index (χ3v) is 1.40. The van der Waals surface area contributed by atoms with Gasteiger partial charge in [-0.25, -0.2) is 9.24 Å². The fraction of sp³-hybridized carbons (Fsp3) is 0.125. The van der Waals surface area contributed by atoms with Crippen LogP contribution in [0.4, 0.5) is 23.2 Å². The van der Waals surface area contributed by atoms with Gasteiger partial charge in [0, 0.05) is 0 Å². The van der Waals surface area contributed by atoms with Crippen molar-refractivity contribution in [2.24, 2.45) is 0 Å². The number of nitrogens with zero attached hydrogens (tertiary/aromatic N) is 1. The molecule has 0 heterocycles. The molecule has 13 heavy (non-hydrogen) atoms. The molecule has 0 saturated carbocycles. The molecule has 0 aliphatic carbocycles. The minimum Gasteiger partial charge on any atom is -0.234 e. The molecule has 68 valence electrons. The third kappa shape index (κ3) is 1.78. The van der Waals surface area contributed by atoms with E-state index < -0.39 is 23.2 Å². The van der Waals surface area contributed by atoms with E-state index in [-0.39, 0.29) is 0 Å². The predicted octanol–water partition coefficient (Wildman–Crippen LogP) is 3.40. The van der Waals surface area contributed by atoms with Gasteiger partial charge in [-0.05, 0) is 6.07 Å². The summed E-state index contributed by atoms with van der Waals surface area (Å²) in [5.41, 5.74) is -2.21. The zero-order valence-corrected chi connectivity index (χ0v) is 6.19. The molecule has 0 bridgehead atoms. The van der Waals surface area contributed by atoms with E-state index in [4.69, 9.17) is 6.57 Å². The summed E-state index contributed by atoms with van der Waals surface area (Å²) < 4.78 is 49.0. The van der Waals surface area contributed by atoms with Gasteiger partial charge in [0.15, 0.2) is 0 Å². The molecule has 0 spiro atoms. The summed E-state index contributed by atoms with van der Waals surface area (Å²) in [6, 6.07) is 2.42. The minimum absolute atomic E-state index is 0.677. The van der Waals surface area contributed by atoms with Crippen molar-refractivity contribution >= 4 is 5.69 Å². The molecule has 0 unspecified atom stereocenters. The third-order valence-electron chi connectivity index (χ3n) is 1.40. The molecule has 5 heteroatoms. The number of hydrogen-bond donors (Lipinski definition) is 0. The van der Waals surface area contributed by atoms with Crippen LogP contribution in [0.5, 0.6) is 0 Å². The second-order valence-electron chi connectivity index (χ2n) is 2.25. The molecular formula is C8H3F4N. The molecule has 0 fully saturated rings. The monoisotopic (exact) mass is 189 g/mol. The lowest BCUT2D eigenvalue weighted by molar-refractivity contribution is -0.137. The summed E-state index contributed by atoms with van der Waals surface area (Å²) in [5, 5.41) is 0. The summed E-state index contributed by atoms with van der Waals surface area (Å²) >= 11 is 0. The molecule has 0 N–H and O–H groups in total. The van der Waals surface area contributed by atoms with Crippen LogP contribution in [0, 0.1) is 12.4 Å². The zero-order chi connectivity index (χ0) is 10.1. The molecule has 0 saturated heterocycles. The Hall–Kier alpha value is -1.57. The highest BCUT2D eigenvalue weighted by Gasteiger charge is 2.34.